The summed E-state index contributed by atoms with van der Waals surface area (Å²) in [6, 6.07) is 8.82. The number of hydrogen-bond acceptors (Lipinski definition) is 7. The highest BCUT2D eigenvalue weighted by Crippen LogP contribution is 2.30. The Balaban J connectivity index is 0.00000121. The number of likely N-dealkylation sites (tertiary alicyclic amines) is 1. The van der Waals surface area contributed by atoms with Crippen LogP contribution in [0.2, 0.25) is 0 Å². The van der Waals surface area contributed by atoms with Crippen LogP contribution in [-0.4, -0.2) is 45.2 Å². The highest BCUT2D eigenvalue weighted by molar-refractivity contribution is 7.13. The van der Waals surface area contributed by atoms with Crippen LogP contribution in [0.15, 0.2) is 40.4 Å². The van der Waals surface area contributed by atoms with Crippen molar-refractivity contribution in [3.8, 4) is 10.4 Å². The Morgan fingerprint density at radius 2 is 1.89 bits per heavy atom. The highest BCUT2D eigenvalue weighted by Gasteiger charge is 2.43. The zero-order valence-corrected chi connectivity index (χ0v) is 23.2. The predicted octanol–water partition coefficient (Wildman–Crippen LogP) is 5.30. The molecule has 3 aromatic rings. The van der Waals surface area contributed by atoms with Gasteiger partial charge >= 0.3 is 0 Å². The molecular weight excluding hydrogens is 488 g/mol. The van der Waals surface area contributed by atoms with Gasteiger partial charge in [-0.2, -0.15) is 0 Å². The van der Waals surface area contributed by atoms with Crippen LogP contribution >= 0.6 is 11.3 Å². The highest BCUT2D eigenvalue weighted by atomic mass is 32.1. The fourth-order valence-corrected chi connectivity index (χ4v) is 5.07. The minimum Gasteiger partial charge on any atom is -0.360 e. The second kappa shape index (κ2) is 12.8. The fourth-order valence-electron chi connectivity index (χ4n) is 4.26. The molecule has 2 atom stereocenters. The van der Waals surface area contributed by atoms with Crippen LogP contribution in [0.5, 0.6) is 0 Å². The van der Waals surface area contributed by atoms with Crippen LogP contribution in [0.3, 0.4) is 0 Å². The van der Waals surface area contributed by atoms with E-state index in [-0.39, 0.29) is 37.9 Å². The van der Waals surface area contributed by atoms with Gasteiger partial charge in [-0.25, -0.2) is 4.98 Å². The molecule has 9 heteroatoms. The van der Waals surface area contributed by atoms with Gasteiger partial charge in [0.05, 0.1) is 28.3 Å². The zero-order chi connectivity index (χ0) is 27.1. The van der Waals surface area contributed by atoms with Crippen LogP contribution in [-0.2, 0) is 20.9 Å². The average molecular weight is 527 g/mol. The fraction of sp³-hybridized carbons (Fsp3) is 0.464. The standard InChI is InChI=1S/C25H28N4O4S.C3H8.H2/c1-14(2)22(21-9-15(3)28-33-21)25(32)29-12-19(30)10-20(29)24(31)26-11-17-5-7-18(8-6-17)23-16(4)27-13-34-23;1-3-2;/h5-9,13-14,20,22H,10-12H2,1-4H3,(H,26,31);3H2,1-2H3;1H. The lowest BCUT2D eigenvalue weighted by Gasteiger charge is -2.28. The molecule has 0 saturated carbocycles. The molecule has 0 radical (unpaired) electrons. The molecule has 37 heavy (non-hydrogen) atoms. The molecule has 3 heterocycles. The van der Waals surface area contributed by atoms with Crippen molar-refractivity contribution < 1.29 is 20.3 Å². The molecule has 200 valence electrons. The summed E-state index contributed by atoms with van der Waals surface area (Å²) in [4.78, 5) is 45.5. The minimum absolute atomic E-state index is 0. The maximum atomic E-state index is 13.4. The Bertz CT molecular complexity index is 1220. The van der Waals surface area contributed by atoms with Crippen LogP contribution in [0, 0.1) is 19.8 Å². The number of carbonyl (C=O) groups is 3. The predicted molar refractivity (Wildman–Crippen MR) is 146 cm³/mol. The number of hydrogen-bond donors (Lipinski definition) is 1. The molecule has 1 aliphatic rings. The number of nitrogens with zero attached hydrogens (tertiary/aromatic N) is 3. The van der Waals surface area contributed by atoms with Crippen molar-refractivity contribution in [2.24, 2.45) is 5.92 Å². The van der Waals surface area contributed by atoms with E-state index in [0.717, 1.165) is 21.7 Å². The lowest BCUT2D eigenvalue weighted by Crippen LogP contribution is -2.47. The van der Waals surface area contributed by atoms with E-state index < -0.39 is 12.0 Å². The molecule has 4 rings (SSSR count). The van der Waals surface area contributed by atoms with Gasteiger partial charge < -0.3 is 14.7 Å². The maximum absolute atomic E-state index is 13.4. The molecule has 1 aromatic carbocycles. The summed E-state index contributed by atoms with van der Waals surface area (Å²) >= 11 is 1.59. The molecule has 1 N–H and O–H groups in total. The molecule has 2 aromatic heterocycles. The lowest BCUT2D eigenvalue weighted by atomic mass is 9.91. The van der Waals surface area contributed by atoms with Gasteiger partial charge in [-0.3, -0.25) is 14.4 Å². The Kier molecular flexibility index (Phi) is 9.74. The number of rotatable bonds is 7. The third-order valence-corrected chi connectivity index (χ3v) is 7.02. The molecule has 0 spiro atoms. The van der Waals surface area contributed by atoms with Crippen molar-refractivity contribution in [2.75, 3.05) is 6.54 Å². The quantitative estimate of drug-likeness (QED) is 0.448. The van der Waals surface area contributed by atoms with E-state index in [0.29, 0.717) is 18.0 Å². The maximum Gasteiger partial charge on any atom is 0.243 e. The van der Waals surface area contributed by atoms with Gasteiger partial charge in [-0.15, -0.1) is 11.3 Å². The Labute approximate surface area is 223 Å². The van der Waals surface area contributed by atoms with Crippen molar-refractivity contribution >= 4 is 28.9 Å². The number of aromatic nitrogens is 2. The van der Waals surface area contributed by atoms with Crippen molar-refractivity contribution in [3.63, 3.8) is 0 Å². The van der Waals surface area contributed by atoms with Gasteiger partial charge in [0.2, 0.25) is 11.8 Å². The van der Waals surface area contributed by atoms with E-state index in [9.17, 15) is 14.4 Å². The molecule has 0 aliphatic carbocycles. The first kappa shape index (κ1) is 28.2. The first-order valence-corrected chi connectivity index (χ1v) is 13.6. The van der Waals surface area contributed by atoms with Crippen molar-refractivity contribution in [2.45, 2.75) is 72.9 Å². The number of thiazole rings is 1. The number of carbonyl (C=O) groups excluding carboxylic acids is 3. The van der Waals surface area contributed by atoms with E-state index in [4.69, 9.17) is 4.52 Å². The molecule has 1 saturated heterocycles. The average Bonchev–Trinajstić information content (AvgIpc) is 3.58. The number of amides is 2. The normalized spacial score (nSPS) is 15.9. The van der Waals surface area contributed by atoms with Gasteiger partial charge in [0, 0.05) is 20.5 Å². The summed E-state index contributed by atoms with van der Waals surface area (Å²) in [6.45, 7) is 12.1. The number of aryl methyl sites for hydroxylation is 2. The lowest BCUT2D eigenvalue weighted by molar-refractivity contribution is -0.141. The molecule has 8 nitrogen and oxygen atoms in total. The second-order valence-corrected chi connectivity index (χ2v) is 10.6. The van der Waals surface area contributed by atoms with Gasteiger partial charge in [0.15, 0.2) is 5.78 Å². The summed E-state index contributed by atoms with van der Waals surface area (Å²) < 4.78 is 5.35. The first-order chi connectivity index (χ1) is 17.7. The molecule has 1 fully saturated rings. The zero-order valence-electron chi connectivity index (χ0n) is 22.4. The monoisotopic (exact) mass is 526 g/mol. The smallest absolute Gasteiger partial charge is 0.243 e. The second-order valence-electron chi connectivity index (χ2n) is 9.71. The summed E-state index contributed by atoms with van der Waals surface area (Å²) in [7, 11) is 0. The Morgan fingerprint density at radius 1 is 1.22 bits per heavy atom. The van der Waals surface area contributed by atoms with Gasteiger partial charge in [-0.1, -0.05) is 63.5 Å². The van der Waals surface area contributed by atoms with Crippen LogP contribution in [0.4, 0.5) is 0 Å². The van der Waals surface area contributed by atoms with Gasteiger partial charge in [0.25, 0.3) is 0 Å². The third kappa shape index (κ3) is 6.91. The largest absolute Gasteiger partial charge is 0.360 e. The third-order valence-electron chi connectivity index (χ3n) is 6.04. The topological polar surface area (TPSA) is 105 Å². The van der Waals surface area contributed by atoms with Crippen molar-refractivity contribution in [3.05, 3.63) is 58.6 Å². The van der Waals surface area contributed by atoms with Crippen LogP contribution in [0.1, 0.15) is 70.6 Å². The summed E-state index contributed by atoms with van der Waals surface area (Å²) in [5, 5.41) is 6.79. The van der Waals surface area contributed by atoms with Crippen LogP contribution < -0.4 is 5.32 Å². The van der Waals surface area contributed by atoms with Crippen molar-refractivity contribution in [1.29, 1.82) is 0 Å². The Morgan fingerprint density at radius 3 is 2.43 bits per heavy atom. The molecule has 0 bridgehead atoms. The number of ketones is 1. The van der Waals surface area contributed by atoms with E-state index in [1.165, 1.54) is 11.3 Å². The Hall–Kier alpha value is -3.33. The number of Topliss-reactive ketones (excluding diaryl/α,β-unsaturated/α-hetero) is 1. The van der Waals surface area contributed by atoms with Gasteiger partial charge in [-0.05, 0) is 30.9 Å². The SMILES string of the molecule is CCC.Cc1cc(C(C(=O)N2CC(=O)CC2C(=O)NCc2ccc(-c3scnc3C)cc2)C(C)C)on1.[HH]. The molecule has 2 amide bonds. The van der Waals surface area contributed by atoms with Crippen molar-refractivity contribution in [1.82, 2.24) is 20.4 Å². The minimum atomic E-state index is -0.829. The van der Waals surface area contributed by atoms with Gasteiger partial charge in [0.1, 0.15) is 17.7 Å². The molecule has 2 unspecified atom stereocenters. The summed E-state index contributed by atoms with van der Waals surface area (Å²) in [5.41, 5.74) is 5.50. The van der Waals surface area contributed by atoms with E-state index in [1.807, 2.05) is 50.5 Å². The van der Waals surface area contributed by atoms with E-state index in [1.54, 1.807) is 24.3 Å². The van der Waals surface area contributed by atoms with Crippen LogP contribution in [0.25, 0.3) is 10.4 Å². The van der Waals surface area contributed by atoms with E-state index in [2.05, 4.69) is 29.3 Å². The number of benzene rings is 1. The summed E-state index contributed by atoms with van der Waals surface area (Å²) in [6.07, 6.45) is 1.27. The number of nitrogens with one attached hydrogen (secondary N) is 1. The summed E-state index contributed by atoms with van der Waals surface area (Å²) in [5.74, 6) is -0.995. The van der Waals surface area contributed by atoms with E-state index >= 15 is 0 Å². The molecule has 1 aliphatic heterocycles. The molecular formula is C28H38N4O4S. The first-order valence-electron chi connectivity index (χ1n) is 12.7.